The molecule has 104 valence electrons. The average molecular weight is 308 g/mol. The molecule has 1 aliphatic heterocycles. The largest absolute Gasteiger partial charge is 0.380 e. The summed E-state index contributed by atoms with van der Waals surface area (Å²) in [5.41, 5.74) is 2.86. The molecule has 1 aromatic carbocycles. The first-order valence-corrected chi connectivity index (χ1v) is 7.55. The van der Waals surface area contributed by atoms with Crippen LogP contribution >= 0.6 is 22.9 Å². The van der Waals surface area contributed by atoms with Crippen LogP contribution in [0.15, 0.2) is 24.4 Å². The van der Waals surface area contributed by atoms with E-state index in [1.807, 2.05) is 25.2 Å². The number of likely N-dealkylation sites (N-methyl/N-ethyl adjacent to an activating group) is 1. The predicted molar refractivity (Wildman–Crippen MR) is 81.6 cm³/mol. The van der Waals surface area contributed by atoms with Gasteiger partial charge in [0.1, 0.15) is 0 Å². The molecule has 2 heterocycles. The highest BCUT2D eigenvalue weighted by Gasteiger charge is 2.21. The van der Waals surface area contributed by atoms with Crippen LogP contribution in [-0.4, -0.2) is 29.4 Å². The summed E-state index contributed by atoms with van der Waals surface area (Å²) in [6.45, 7) is 1.45. The van der Waals surface area contributed by atoms with E-state index in [9.17, 15) is 4.79 Å². The molecule has 1 aliphatic rings. The van der Waals surface area contributed by atoms with Crippen LogP contribution in [0.25, 0.3) is 0 Å². The van der Waals surface area contributed by atoms with Crippen molar-refractivity contribution in [1.82, 2.24) is 9.88 Å². The first-order valence-electron chi connectivity index (χ1n) is 6.36. The Balaban J connectivity index is 1.76. The summed E-state index contributed by atoms with van der Waals surface area (Å²) >= 11 is 7.25. The van der Waals surface area contributed by atoms with E-state index in [-0.39, 0.29) is 5.91 Å². The van der Waals surface area contributed by atoms with Crippen LogP contribution in [0.5, 0.6) is 0 Å². The van der Waals surface area contributed by atoms with Crippen molar-refractivity contribution in [1.29, 1.82) is 0 Å². The van der Waals surface area contributed by atoms with Crippen LogP contribution in [0.2, 0.25) is 4.47 Å². The van der Waals surface area contributed by atoms with Crippen LogP contribution in [0.3, 0.4) is 0 Å². The molecule has 0 fully saturated rings. The maximum Gasteiger partial charge on any atom is 0.253 e. The summed E-state index contributed by atoms with van der Waals surface area (Å²) in [7, 11) is 1.84. The lowest BCUT2D eigenvalue weighted by molar-refractivity contribution is 0.0781. The van der Waals surface area contributed by atoms with Crippen molar-refractivity contribution in [3.63, 3.8) is 0 Å². The Labute approximate surface area is 126 Å². The van der Waals surface area contributed by atoms with E-state index in [0.717, 1.165) is 34.7 Å². The number of nitrogens with zero attached hydrogens (tertiary/aromatic N) is 2. The number of benzene rings is 1. The summed E-state index contributed by atoms with van der Waals surface area (Å²) in [5.74, 6) is 0.0933. The molecule has 0 aliphatic carbocycles. The van der Waals surface area contributed by atoms with Crippen LogP contribution in [0, 0.1) is 0 Å². The normalized spacial score (nSPS) is 14.3. The fourth-order valence-electron chi connectivity index (χ4n) is 2.25. The van der Waals surface area contributed by atoms with Crippen molar-refractivity contribution in [2.75, 3.05) is 18.9 Å². The molecule has 3 rings (SSSR count). The molecule has 1 aromatic heterocycles. The number of hydrogen-bond donors (Lipinski definition) is 1. The topological polar surface area (TPSA) is 45.2 Å². The SMILES string of the molecule is CN1CCc2ccc(NCc3cnc(Cl)s3)cc2C1=O. The van der Waals surface area contributed by atoms with Crippen molar-refractivity contribution in [2.24, 2.45) is 0 Å². The van der Waals surface area contributed by atoms with Gasteiger partial charge in [0.2, 0.25) is 0 Å². The van der Waals surface area contributed by atoms with Crippen molar-refractivity contribution < 1.29 is 4.79 Å². The number of thiazole rings is 1. The molecular weight excluding hydrogens is 294 g/mol. The second kappa shape index (κ2) is 5.42. The lowest BCUT2D eigenvalue weighted by Crippen LogP contribution is -2.34. The highest BCUT2D eigenvalue weighted by molar-refractivity contribution is 7.15. The standard InChI is InChI=1S/C14H14ClN3OS/c1-18-5-4-9-2-3-10(6-12(9)13(18)19)16-7-11-8-17-14(15)20-11/h2-3,6,8,16H,4-5,7H2,1H3. The van der Waals surface area contributed by atoms with E-state index < -0.39 is 0 Å². The van der Waals surface area contributed by atoms with Gasteiger partial charge in [0.15, 0.2) is 4.47 Å². The summed E-state index contributed by atoms with van der Waals surface area (Å²) in [5, 5.41) is 3.30. The molecule has 0 spiro atoms. The second-order valence-corrected chi connectivity index (χ2v) is 6.48. The van der Waals surface area contributed by atoms with Gasteiger partial charge in [-0.05, 0) is 24.1 Å². The van der Waals surface area contributed by atoms with Crippen molar-refractivity contribution in [3.8, 4) is 0 Å². The zero-order valence-electron chi connectivity index (χ0n) is 11.0. The number of carbonyl (C=O) groups excluding carboxylic acids is 1. The Hall–Kier alpha value is -1.59. The van der Waals surface area contributed by atoms with Gasteiger partial charge in [-0.25, -0.2) is 4.98 Å². The first kappa shape index (κ1) is 13.4. The van der Waals surface area contributed by atoms with Gasteiger partial charge < -0.3 is 10.2 Å². The van der Waals surface area contributed by atoms with E-state index in [1.54, 1.807) is 11.1 Å². The highest BCUT2D eigenvalue weighted by atomic mass is 35.5. The predicted octanol–water partition coefficient (Wildman–Crippen LogP) is 3.04. The van der Waals surface area contributed by atoms with Gasteiger partial charge in [0.25, 0.3) is 5.91 Å². The lowest BCUT2D eigenvalue weighted by atomic mass is 9.99. The molecule has 4 nitrogen and oxygen atoms in total. The maximum absolute atomic E-state index is 12.1. The summed E-state index contributed by atoms with van der Waals surface area (Å²) in [4.78, 5) is 18.9. The third-order valence-electron chi connectivity index (χ3n) is 3.40. The van der Waals surface area contributed by atoms with Gasteiger partial charge >= 0.3 is 0 Å². The molecule has 0 saturated heterocycles. The summed E-state index contributed by atoms with van der Waals surface area (Å²) in [6, 6.07) is 5.97. The molecule has 0 atom stereocenters. The molecule has 1 N–H and O–H groups in total. The van der Waals surface area contributed by atoms with Crippen LogP contribution in [0.1, 0.15) is 20.8 Å². The first-order chi connectivity index (χ1) is 9.63. The number of fused-ring (bicyclic) bond motifs is 1. The molecule has 2 aromatic rings. The Kier molecular flexibility index (Phi) is 3.63. The Morgan fingerprint density at radius 2 is 2.35 bits per heavy atom. The minimum atomic E-state index is 0.0933. The van der Waals surface area contributed by atoms with Crippen LogP contribution in [-0.2, 0) is 13.0 Å². The summed E-state index contributed by atoms with van der Waals surface area (Å²) < 4.78 is 0.545. The van der Waals surface area contributed by atoms with Crippen LogP contribution < -0.4 is 5.32 Å². The maximum atomic E-state index is 12.1. The Morgan fingerprint density at radius 1 is 1.50 bits per heavy atom. The quantitative estimate of drug-likeness (QED) is 0.948. The van der Waals surface area contributed by atoms with E-state index in [2.05, 4.69) is 10.3 Å². The number of carbonyl (C=O) groups is 1. The number of rotatable bonds is 3. The molecule has 6 heteroatoms. The fraction of sp³-hybridized carbons (Fsp3) is 0.286. The minimum absolute atomic E-state index is 0.0933. The van der Waals surface area contributed by atoms with E-state index in [0.29, 0.717) is 11.0 Å². The molecule has 0 saturated carbocycles. The summed E-state index contributed by atoms with van der Waals surface area (Å²) in [6.07, 6.45) is 2.68. The fourth-order valence-corrected chi connectivity index (χ4v) is 3.17. The van der Waals surface area contributed by atoms with E-state index in [4.69, 9.17) is 11.6 Å². The van der Waals surface area contributed by atoms with Gasteiger partial charge in [0, 0.05) is 35.9 Å². The number of nitrogens with one attached hydrogen (secondary N) is 1. The lowest BCUT2D eigenvalue weighted by Gasteiger charge is -2.25. The molecule has 0 unspecified atom stereocenters. The zero-order chi connectivity index (χ0) is 14.1. The monoisotopic (exact) mass is 307 g/mol. The molecule has 1 amide bonds. The minimum Gasteiger partial charge on any atom is -0.380 e. The van der Waals surface area contributed by atoms with Gasteiger partial charge in [-0.15, -0.1) is 11.3 Å². The number of hydrogen-bond acceptors (Lipinski definition) is 4. The third-order valence-corrected chi connectivity index (χ3v) is 4.51. The zero-order valence-corrected chi connectivity index (χ0v) is 12.6. The van der Waals surface area contributed by atoms with E-state index >= 15 is 0 Å². The van der Waals surface area contributed by atoms with E-state index in [1.165, 1.54) is 11.3 Å². The molecule has 20 heavy (non-hydrogen) atoms. The Bertz CT molecular complexity index is 656. The molecule has 0 bridgehead atoms. The number of halogens is 1. The Morgan fingerprint density at radius 3 is 3.10 bits per heavy atom. The smallest absolute Gasteiger partial charge is 0.253 e. The van der Waals surface area contributed by atoms with Crippen LogP contribution in [0.4, 0.5) is 5.69 Å². The molecule has 0 radical (unpaired) electrons. The third kappa shape index (κ3) is 2.64. The number of anilines is 1. The molecular formula is C14H14ClN3OS. The number of amides is 1. The van der Waals surface area contributed by atoms with Crippen molar-refractivity contribution >= 4 is 34.5 Å². The second-order valence-electron chi connectivity index (χ2n) is 4.78. The van der Waals surface area contributed by atoms with Gasteiger partial charge in [-0.2, -0.15) is 0 Å². The average Bonchev–Trinajstić information content (AvgIpc) is 2.87. The highest BCUT2D eigenvalue weighted by Crippen LogP contribution is 2.23. The van der Waals surface area contributed by atoms with Gasteiger partial charge in [-0.1, -0.05) is 17.7 Å². The van der Waals surface area contributed by atoms with Gasteiger partial charge in [-0.3, -0.25) is 4.79 Å². The number of aromatic nitrogens is 1. The van der Waals surface area contributed by atoms with Gasteiger partial charge in [0.05, 0.1) is 6.54 Å². The van der Waals surface area contributed by atoms with Crippen molar-refractivity contribution in [3.05, 3.63) is 44.9 Å². The van der Waals surface area contributed by atoms with Crippen molar-refractivity contribution in [2.45, 2.75) is 13.0 Å².